The zero-order chi connectivity index (χ0) is 23.4. The van der Waals surface area contributed by atoms with Crippen molar-refractivity contribution in [2.45, 2.75) is 31.2 Å². The summed E-state index contributed by atoms with van der Waals surface area (Å²) in [5, 5.41) is 12.5. The largest absolute Gasteiger partial charge is 0.399 e. The first-order valence-corrected chi connectivity index (χ1v) is 10.8. The van der Waals surface area contributed by atoms with Crippen molar-refractivity contribution in [1.82, 2.24) is 34.7 Å². The molecule has 10 nitrogen and oxygen atoms in total. The summed E-state index contributed by atoms with van der Waals surface area (Å²) in [5.74, 6) is -4.04. The van der Waals surface area contributed by atoms with E-state index in [0.717, 1.165) is 5.69 Å². The van der Waals surface area contributed by atoms with Crippen molar-refractivity contribution in [2.75, 3.05) is 24.5 Å². The van der Waals surface area contributed by atoms with Crippen molar-refractivity contribution in [3.63, 3.8) is 0 Å². The van der Waals surface area contributed by atoms with Crippen LogP contribution in [0.4, 0.5) is 19.2 Å². The first kappa shape index (κ1) is 20.7. The van der Waals surface area contributed by atoms with Gasteiger partial charge in [0.05, 0.1) is 17.7 Å². The average Bonchev–Trinajstić information content (AvgIpc) is 3.57. The maximum atomic E-state index is 14.3. The van der Waals surface area contributed by atoms with E-state index in [9.17, 15) is 18.0 Å². The molecule has 4 aromatic rings. The number of piperidine rings is 1. The van der Waals surface area contributed by atoms with Gasteiger partial charge in [0.2, 0.25) is 0 Å². The van der Waals surface area contributed by atoms with Gasteiger partial charge >= 0.3 is 17.8 Å². The van der Waals surface area contributed by atoms with Crippen LogP contribution in [0.1, 0.15) is 46.7 Å². The number of fused-ring (bicyclic) bond motifs is 2. The molecule has 176 valence electrons. The Morgan fingerprint density at radius 3 is 2.82 bits per heavy atom. The Hall–Kier alpha value is -3.90. The van der Waals surface area contributed by atoms with Crippen molar-refractivity contribution >= 4 is 17.4 Å². The minimum Gasteiger partial charge on any atom is -0.399 e. The first-order valence-electron chi connectivity index (χ1n) is 10.8. The molecule has 1 amide bonds. The number of aromatic nitrogens is 6. The smallest absolute Gasteiger partial charge is 0.319 e. The molecule has 13 heteroatoms. The molecule has 4 aromatic heterocycles. The zero-order valence-corrected chi connectivity index (χ0v) is 17.8. The van der Waals surface area contributed by atoms with E-state index >= 15 is 0 Å². The Morgan fingerprint density at radius 2 is 2.03 bits per heavy atom. The highest BCUT2D eigenvalue weighted by Crippen LogP contribution is 2.36. The topological polar surface area (TPSA) is 108 Å². The number of hydrogen-bond donors (Lipinski definition) is 1. The molecule has 0 saturated carbocycles. The molecule has 0 aliphatic carbocycles. The van der Waals surface area contributed by atoms with Gasteiger partial charge < -0.3 is 19.2 Å². The molecule has 0 aromatic carbocycles. The van der Waals surface area contributed by atoms with Gasteiger partial charge in [0.25, 0.3) is 5.92 Å². The van der Waals surface area contributed by atoms with Crippen LogP contribution in [-0.2, 0) is 6.42 Å². The van der Waals surface area contributed by atoms with Crippen molar-refractivity contribution in [1.29, 1.82) is 0 Å². The van der Waals surface area contributed by atoms with Gasteiger partial charge in [-0.05, 0) is 18.2 Å². The van der Waals surface area contributed by atoms with Gasteiger partial charge in [-0.15, -0.1) is 5.10 Å². The number of carbonyl (C=O) groups excluding carboxylic acids is 1. The van der Waals surface area contributed by atoms with Gasteiger partial charge in [-0.3, -0.25) is 4.79 Å². The normalized spacial score (nSPS) is 20.0. The fourth-order valence-electron chi connectivity index (χ4n) is 4.51. The molecule has 34 heavy (non-hydrogen) atoms. The molecule has 2 aliphatic rings. The van der Waals surface area contributed by atoms with E-state index in [2.05, 4.69) is 25.3 Å². The molecule has 2 aliphatic heterocycles. The van der Waals surface area contributed by atoms with Gasteiger partial charge in [-0.25, -0.2) is 22.7 Å². The molecule has 0 unspecified atom stereocenters. The highest BCUT2D eigenvalue weighted by atomic mass is 19.3. The summed E-state index contributed by atoms with van der Waals surface area (Å²) in [6.07, 6.45) is 3.01. The van der Waals surface area contributed by atoms with E-state index < -0.39 is 36.5 Å². The van der Waals surface area contributed by atoms with Crippen molar-refractivity contribution < 1.29 is 22.4 Å². The second kappa shape index (κ2) is 7.57. The summed E-state index contributed by atoms with van der Waals surface area (Å²) >= 11 is 0. The van der Waals surface area contributed by atoms with Gasteiger partial charge in [-0.2, -0.15) is 5.10 Å². The van der Waals surface area contributed by atoms with E-state index in [1.54, 1.807) is 29.6 Å². The third kappa shape index (κ3) is 3.38. The predicted molar refractivity (Wildman–Crippen MR) is 111 cm³/mol. The van der Waals surface area contributed by atoms with Crippen LogP contribution in [0.2, 0.25) is 0 Å². The van der Waals surface area contributed by atoms with E-state index in [1.807, 2.05) is 0 Å². The molecule has 6 heterocycles. The summed E-state index contributed by atoms with van der Waals surface area (Å²) in [6.45, 7) is 0.278. The molecule has 6 rings (SSSR count). The number of amides is 1. The number of likely N-dealkylation sites (tertiary alicyclic amines) is 1. The summed E-state index contributed by atoms with van der Waals surface area (Å²) < 4.78 is 48.4. The second-order valence-electron chi connectivity index (χ2n) is 8.41. The minimum atomic E-state index is -2.77. The minimum absolute atomic E-state index is 0.0712. The molecule has 1 saturated heterocycles. The van der Waals surface area contributed by atoms with Crippen LogP contribution in [0.3, 0.4) is 0 Å². The predicted octanol–water partition coefficient (Wildman–Crippen LogP) is 2.60. The third-order valence-corrected chi connectivity index (χ3v) is 6.30. The number of pyridine rings is 1. The molecule has 0 bridgehead atoms. The molecular formula is C21H19F3N8O2. The van der Waals surface area contributed by atoms with Gasteiger partial charge in [0.15, 0.2) is 0 Å². The van der Waals surface area contributed by atoms with Crippen LogP contribution in [-0.4, -0.2) is 66.1 Å². The van der Waals surface area contributed by atoms with E-state index in [0.29, 0.717) is 29.9 Å². The number of hydrogen-bond acceptors (Lipinski definition) is 7. The van der Waals surface area contributed by atoms with E-state index in [-0.39, 0.29) is 25.0 Å². The summed E-state index contributed by atoms with van der Waals surface area (Å²) in [5.41, 5.74) is 2.41. The monoisotopic (exact) mass is 472 g/mol. The number of rotatable bonds is 3. The number of aromatic amines is 1. The van der Waals surface area contributed by atoms with Gasteiger partial charge in [0, 0.05) is 50.8 Å². The zero-order valence-electron chi connectivity index (χ0n) is 17.8. The van der Waals surface area contributed by atoms with Gasteiger partial charge in [-0.1, -0.05) is 5.10 Å². The molecule has 1 N–H and O–H groups in total. The highest BCUT2D eigenvalue weighted by molar-refractivity contribution is 5.89. The number of alkyl halides is 2. The number of carbonyl (C=O) groups is 1. The van der Waals surface area contributed by atoms with Crippen LogP contribution in [0, 0.1) is 5.82 Å². The van der Waals surface area contributed by atoms with Crippen LogP contribution >= 0.6 is 0 Å². The van der Waals surface area contributed by atoms with Crippen LogP contribution in [0.15, 0.2) is 35.1 Å². The van der Waals surface area contributed by atoms with Gasteiger partial charge in [0.1, 0.15) is 17.4 Å². The van der Waals surface area contributed by atoms with Crippen molar-refractivity contribution in [2.24, 2.45) is 0 Å². The number of nitrogens with zero attached hydrogens (tertiary/aromatic N) is 7. The Morgan fingerprint density at radius 1 is 1.21 bits per heavy atom. The fourth-order valence-corrected chi connectivity index (χ4v) is 4.51. The summed E-state index contributed by atoms with van der Waals surface area (Å²) in [7, 11) is 0. The quantitative estimate of drug-likeness (QED) is 0.488. The second-order valence-corrected chi connectivity index (χ2v) is 8.41. The highest BCUT2D eigenvalue weighted by Gasteiger charge is 2.39. The molecular weight excluding hydrogens is 453 g/mol. The van der Waals surface area contributed by atoms with E-state index in [1.165, 1.54) is 15.5 Å². The standard InChI is InChI=1S/C21H19F3N8O2/c22-12-2-1-6-32-15(12)10-14(29-32)17-16-13(25-11-26-16)3-7-31(17)20-28-27-18(34-20)19(33)30-8-4-21(23,24)5-9-30/h1-2,6,10-11,17H,3-5,7-9H2,(H,25,26)/t17-/m0/s1. The Labute approximate surface area is 190 Å². The Kier molecular flexibility index (Phi) is 4.61. The average molecular weight is 472 g/mol. The number of H-pyrrole nitrogens is 1. The fraction of sp³-hybridized carbons (Fsp3) is 0.381. The van der Waals surface area contributed by atoms with E-state index in [4.69, 9.17) is 4.42 Å². The molecule has 1 atom stereocenters. The maximum absolute atomic E-state index is 14.3. The molecule has 1 fully saturated rings. The first-order chi connectivity index (χ1) is 16.4. The number of nitrogens with one attached hydrogen (secondary N) is 1. The number of imidazole rings is 1. The summed E-state index contributed by atoms with van der Waals surface area (Å²) in [6, 6.07) is 4.05. The van der Waals surface area contributed by atoms with Crippen molar-refractivity contribution in [3.8, 4) is 0 Å². The Balaban J connectivity index is 1.33. The lowest BCUT2D eigenvalue weighted by Gasteiger charge is -2.32. The maximum Gasteiger partial charge on any atom is 0.319 e. The summed E-state index contributed by atoms with van der Waals surface area (Å²) in [4.78, 5) is 23.4. The van der Waals surface area contributed by atoms with Crippen LogP contribution in [0.25, 0.3) is 5.52 Å². The van der Waals surface area contributed by atoms with Crippen LogP contribution < -0.4 is 4.90 Å². The lowest BCUT2D eigenvalue weighted by molar-refractivity contribution is -0.0499. The molecule has 0 radical (unpaired) electrons. The number of anilines is 1. The number of halogens is 3. The SMILES string of the molecule is O=C(c1nnc(N2CCc3[nH]cnc3[C@@H]2c2cc3c(F)cccn3n2)o1)N1CCC(F)(F)CC1. The lowest BCUT2D eigenvalue weighted by atomic mass is 10.0. The lowest BCUT2D eigenvalue weighted by Crippen LogP contribution is -2.42. The Bertz CT molecular complexity index is 1370. The molecule has 0 spiro atoms. The third-order valence-electron chi connectivity index (χ3n) is 6.30. The van der Waals surface area contributed by atoms with Crippen LogP contribution in [0.5, 0.6) is 0 Å². The van der Waals surface area contributed by atoms with Crippen molar-refractivity contribution in [3.05, 3.63) is 59.5 Å².